The van der Waals surface area contributed by atoms with Gasteiger partial charge < -0.3 is 133 Å². The third-order valence-corrected chi connectivity index (χ3v) is 22.1. The Morgan fingerprint density at radius 2 is 1.00 bits per heavy atom. The lowest BCUT2D eigenvalue weighted by molar-refractivity contribution is -0.414. The molecule has 0 amide bonds. The summed E-state index contributed by atoms with van der Waals surface area (Å²) < 4.78 is 73.9. The molecule has 11 rings (SSSR count). The first-order chi connectivity index (χ1) is 39.5. The second kappa shape index (κ2) is 25.0. The number of hydrogen-bond acceptors (Lipinski definition) is 27. The second-order valence-electron chi connectivity index (χ2n) is 26.7. The van der Waals surface area contributed by atoms with Crippen LogP contribution >= 0.6 is 0 Å². The van der Waals surface area contributed by atoms with E-state index < -0.39 is 186 Å². The van der Waals surface area contributed by atoms with Crippen molar-refractivity contribution in [2.75, 3.05) is 39.6 Å². The van der Waals surface area contributed by atoms with Crippen LogP contribution in [0, 0.1) is 52.3 Å². The maximum absolute atomic E-state index is 12.0. The Labute approximate surface area is 481 Å². The van der Waals surface area contributed by atoms with E-state index in [1.54, 1.807) is 0 Å². The molecule has 4 saturated carbocycles. The summed E-state index contributed by atoms with van der Waals surface area (Å²) >= 11 is 0. The number of ether oxygens (including phenoxy) is 12. The lowest BCUT2D eigenvalue weighted by Gasteiger charge is -2.61. The largest absolute Gasteiger partial charge is 0.394 e. The Morgan fingerprint density at radius 1 is 0.446 bits per heavy atom. The lowest BCUT2D eigenvalue weighted by atomic mass is 9.44. The van der Waals surface area contributed by atoms with Crippen LogP contribution in [0.1, 0.15) is 91.9 Å². The number of aliphatic hydroxyl groups excluding tert-OH is 15. The van der Waals surface area contributed by atoms with Crippen molar-refractivity contribution in [1.29, 1.82) is 0 Å². The highest BCUT2D eigenvalue weighted by Gasteiger charge is 2.70. The van der Waals surface area contributed by atoms with Gasteiger partial charge in [-0.3, -0.25) is 0 Å². The molecule has 83 heavy (non-hydrogen) atoms. The number of fused-ring (bicyclic) bond motifs is 7. The summed E-state index contributed by atoms with van der Waals surface area (Å²) in [4.78, 5) is 0. The zero-order chi connectivity index (χ0) is 59.4. The van der Waals surface area contributed by atoms with Gasteiger partial charge in [-0.2, -0.15) is 0 Å². The molecule has 15 N–H and O–H groups in total. The van der Waals surface area contributed by atoms with Crippen molar-refractivity contribution in [2.45, 2.75) is 257 Å². The van der Waals surface area contributed by atoms with Gasteiger partial charge in [-0.15, -0.1) is 0 Å². The fraction of sp³-hybridized carbons (Fsp3) is 1.00. The zero-order valence-electron chi connectivity index (χ0n) is 47.5. The van der Waals surface area contributed by atoms with Gasteiger partial charge >= 0.3 is 0 Å². The molecular formula is C56H92O27. The second-order valence-corrected chi connectivity index (χ2v) is 26.7. The molecule has 27 nitrogen and oxygen atoms in total. The Bertz CT molecular complexity index is 2140. The molecule has 0 aromatic carbocycles. The molecule has 27 heteroatoms. The van der Waals surface area contributed by atoms with Crippen LogP contribution in [0.4, 0.5) is 0 Å². The maximum atomic E-state index is 12.0. The highest BCUT2D eigenvalue weighted by atomic mass is 16.8. The molecule has 478 valence electrons. The fourth-order valence-corrected chi connectivity index (χ4v) is 17.3. The Kier molecular flexibility index (Phi) is 19.1. The molecule has 7 aliphatic heterocycles. The van der Waals surface area contributed by atoms with Crippen LogP contribution in [0.5, 0.6) is 0 Å². The minimum atomic E-state index is -2.09. The molecule has 11 aliphatic rings. The molecule has 0 radical (unpaired) electrons. The van der Waals surface area contributed by atoms with E-state index in [4.69, 9.17) is 56.8 Å². The average Bonchev–Trinajstić information content (AvgIpc) is 1.80. The van der Waals surface area contributed by atoms with E-state index >= 15 is 0 Å². The third kappa shape index (κ3) is 11.2. The summed E-state index contributed by atoms with van der Waals surface area (Å²) in [7, 11) is 0. The van der Waals surface area contributed by atoms with Crippen molar-refractivity contribution in [3.63, 3.8) is 0 Å². The minimum absolute atomic E-state index is 0.0436. The van der Waals surface area contributed by atoms with Gasteiger partial charge in [0.1, 0.15) is 116 Å². The molecule has 7 saturated heterocycles. The Hall–Kier alpha value is -1.08. The first-order valence-corrected chi connectivity index (χ1v) is 30.3. The van der Waals surface area contributed by atoms with Crippen molar-refractivity contribution in [3.05, 3.63) is 0 Å². The molecule has 7 heterocycles. The first-order valence-electron chi connectivity index (χ1n) is 30.3. The summed E-state index contributed by atoms with van der Waals surface area (Å²) in [5.74, 6) is 2.80. The van der Waals surface area contributed by atoms with E-state index in [9.17, 15) is 76.6 Å². The minimum Gasteiger partial charge on any atom is -0.394 e. The normalized spacial score (nSPS) is 57.4. The van der Waals surface area contributed by atoms with E-state index in [0.717, 1.165) is 58.0 Å². The van der Waals surface area contributed by atoms with Crippen LogP contribution in [-0.4, -0.2) is 282 Å². The van der Waals surface area contributed by atoms with Crippen molar-refractivity contribution >= 4 is 0 Å². The smallest absolute Gasteiger partial charge is 0.187 e. The van der Waals surface area contributed by atoms with Gasteiger partial charge in [0.25, 0.3) is 0 Å². The highest BCUT2D eigenvalue weighted by Crippen LogP contribution is 2.71. The highest BCUT2D eigenvalue weighted by molar-refractivity contribution is 5.16. The standard InChI is InChI=1S/C56H92O27/c1-21-7-12-56(73-19-21)22(2)34-29(83-56)14-27-25-6-5-23-13-24(8-10-54(23,3)26(25)9-11-55(27,34)4)74-50-44(71)41(68)45(33(18-60)78-50)79-53-48(46(38(65)32(17-59)77-53)80-51-43(70)39(66)36(63)30(15-57)75-51)82-52-47(40(67)37(64)31(16-58)76-52)81-49-42(69)35(62)28(61)20-72-49/h21-53,57-71H,5-20H2,1-4H3/t21-,22+,23+,24+,25-,26+,27+,28-,29+,30-,31-,32-,33-,34+,35+,36-,37-,38-,39+,40+,41-,42-,43-,44-,45+,46+,47-,48-,49+,50-,51+,52+,53+,54+,55+,56-/m1/s1. The van der Waals surface area contributed by atoms with Crippen LogP contribution in [0.25, 0.3) is 0 Å². The van der Waals surface area contributed by atoms with Gasteiger partial charge in [0, 0.05) is 12.3 Å². The van der Waals surface area contributed by atoms with Crippen LogP contribution in [0.2, 0.25) is 0 Å². The monoisotopic (exact) mass is 1200 g/mol. The van der Waals surface area contributed by atoms with Gasteiger partial charge in [-0.25, -0.2) is 0 Å². The summed E-state index contributed by atoms with van der Waals surface area (Å²) in [6.07, 6.45) is -35.0. The molecule has 4 aliphatic carbocycles. The summed E-state index contributed by atoms with van der Waals surface area (Å²) in [5, 5.41) is 164. The van der Waals surface area contributed by atoms with E-state index in [0.29, 0.717) is 54.3 Å². The van der Waals surface area contributed by atoms with Crippen LogP contribution in [0.3, 0.4) is 0 Å². The molecule has 1 spiro atoms. The van der Waals surface area contributed by atoms with Gasteiger partial charge in [0.15, 0.2) is 37.2 Å². The number of hydrogen-bond donors (Lipinski definition) is 15. The first kappa shape index (κ1) is 63.5. The molecule has 0 aromatic rings. The van der Waals surface area contributed by atoms with Gasteiger partial charge in [0.05, 0.1) is 51.8 Å². The SMILES string of the molecule is C[C@@H]1CC[C@@]2(OC1)O[C@H]1C[C@H]3[C@@H]4CC[C@H]5C[C@@H](O[C@@H]6O[C@H](CO)[C@H](O[C@@H]7O[C@H](CO)[C@@H](O)[C@H](O[C@@H]8O[C@H](CO)[C@@H](O)[C@H](O)[C@H]8O)[C@H]7O[C@@H]7O[C@H](CO)[C@@H](O)[C@H](O)[C@H]7O[C@@H]7OC[C@@H](O)[C@H](O)[C@H]7O)[C@H](O)[C@H]6O)CC[C@]5(C)[C@H]4CC[C@]3(C)[C@H]1[C@@H]2C. The Morgan fingerprint density at radius 3 is 1.67 bits per heavy atom. The molecule has 0 unspecified atom stereocenters. The lowest BCUT2D eigenvalue weighted by Crippen LogP contribution is -2.69. The molecule has 11 fully saturated rings. The van der Waals surface area contributed by atoms with Crippen LogP contribution in [-0.2, 0) is 56.8 Å². The summed E-state index contributed by atoms with van der Waals surface area (Å²) in [6, 6.07) is 0. The third-order valence-electron chi connectivity index (χ3n) is 22.1. The van der Waals surface area contributed by atoms with E-state index in [2.05, 4.69) is 27.7 Å². The molecule has 36 atom stereocenters. The number of rotatable bonds is 14. The van der Waals surface area contributed by atoms with Crippen molar-refractivity contribution in [2.24, 2.45) is 52.3 Å². The molecule has 0 bridgehead atoms. The molecule has 0 aromatic heterocycles. The van der Waals surface area contributed by atoms with Crippen molar-refractivity contribution in [3.8, 4) is 0 Å². The van der Waals surface area contributed by atoms with E-state index in [1.165, 1.54) is 0 Å². The van der Waals surface area contributed by atoms with Crippen LogP contribution in [0.15, 0.2) is 0 Å². The molecular weight excluding hydrogens is 1100 g/mol. The van der Waals surface area contributed by atoms with Gasteiger partial charge in [-0.1, -0.05) is 27.7 Å². The quantitative estimate of drug-likeness (QED) is 0.0730. The zero-order valence-corrected chi connectivity index (χ0v) is 47.5. The van der Waals surface area contributed by atoms with Crippen LogP contribution < -0.4 is 0 Å². The van der Waals surface area contributed by atoms with Crippen molar-refractivity contribution < 1.29 is 133 Å². The van der Waals surface area contributed by atoms with Crippen molar-refractivity contribution in [1.82, 2.24) is 0 Å². The summed E-state index contributed by atoms with van der Waals surface area (Å²) in [6.45, 7) is 6.09. The maximum Gasteiger partial charge on any atom is 0.187 e. The summed E-state index contributed by atoms with van der Waals surface area (Å²) in [5.41, 5.74) is 0.211. The van der Waals surface area contributed by atoms with Gasteiger partial charge in [-0.05, 0) is 104 Å². The predicted octanol–water partition coefficient (Wildman–Crippen LogP) is -4.45. The average molecular weight is 1200 g/mol. The van der Waals surface area contributed by atoms with Gasteiger partial charge in [0.2, 0.25) is 0 Å². The fourth-order valence-electron chi connectivity index (χ4n) is 17.3. The van der Waals surface area contributed by atoms with E-state index in [-0.39, 0.29) is 23.0 Å². The Balaban J connectivity index is 0.799. The predicted molar refractivity (Wildman–Crippen MR) is 275 cm³/mol. The number of aliphatic hydroxyl groups is 15. The topological polar surface area (TPSA) is 414 Å². The van der Waals surface area contributed by atoms with E-state index in [1.807, 2.05) is 0 Å².